The van der Waals surface area contributed by atoms with Gasteiger partial charge >= 0.3 is 0 Å². The molecule has 1 N–H and O–H groups in total. The van der Waals surface area contributed by atoms with Gasteiger partial charge in [-0.2, -0.15) is 4.31 Å². The Bertz CT molecular complexity index is 605. The Balaban J connectivity index is 2.49. The summed E-state index contributed by atoms with van der Waals surface area (Å²) in [5, 5.41) is 3.03. The van der Waals surface area contributed by atoms with Gasteiger partial charge in [-0.05, 0) is 39.7 Å². The molecule has 5 nitrogen and oxygen atoms in total. The van der Waals surface area contributed by atoms with Crippen molar-refractivity contribution in [3.8, 4) is 0 Å². The average molecular weight is 314 g/mol. The second-order valence-electron chi connectivity index (χ2n) is 6.12. The maximum atomic E-state index is 13.1. The summed E-state index contributed by atoms with van der Waals surface area (Å²) in [4.78, 5) is 0.363. The van der Waals surface area contributed by atoms with Crippen LogP contribution < -0.4 is 5.32 Å². The van der Waals surface area contributed by atoms with E-state index < -0.39 is 10.0 Å². The number of hydrogen-bond acceptors (Lipinski definition) is 4. The third-order valence-corrected chi connectivity index (χ3v) is 6.38. The van der Waals surface area contributed by atoms with E-state index in [0.717, 1.165) is 18.4 Å². The molecule has 1 aromatic rings. The van der Waals surface area contributed by atoms with Crippen LogP contribution >= 0.6 is 0 Å². The fraction of sp³-hybridized carbons (Fsp3) is 0.733. The number of hydrogen-bond donors (Lipinski definition) is 1. The minimum absolute atomic E-state index is 0.0899. The zero-order valence-electron chi connectivity index (χ0n) is 13.6. The standard InChI is InChI=1S/C15H26N2O3S/c1-10(2)14-7-6-8-17(14)21(18,19)15-12(4)20-11(3)13(15)9-16-5/h10,14,16H,6-9H2,1-5H3. The molecular weight excluding hydrogens is 288 g/mol. The molecule has 6 heteroatoms. The van der Waals surface area contributed by atoms with Crippen molar-refractivity contribution in [2.75, 3.05) is 13.6 Å². The Morgan fingerprint density at radius 1 is 1.33 bits per heavy atom. The molecule has 1 saturated heterocycles. The van der Waals surface area contributed by atoms with E-state index in [-0.39, 0.29) is 6.04 Å². The smallest absolute Gasteiger partial charge is 0.247 e. The maximum absolute atomic E-state index is 13.1. The average Bonchev–Trinajstić information content (AvgIpc) is 2.96. The van der Waals surface area contributed by atoms with Gasteiger partial charge in [0.05, 0.1) is 0 Å². The van der Waals surface area contributed by atoms with E-state index in [9.17, 15) is 8.42 Å². The second-order valence-corrected chi connectivity index (χ2v) is 7.95. The molecule has 120 valence electrons. The van der Waals surface area contributed by atoms with Crippen LogP contribution in [0, 0.1) is 19.8 Å². The van der Waals surface area contributed by atoms with E-state index in [4.69, 9.17) is 4.42 Å². The maximum Gasteiger partial charge on any atom is 0.247 e. The first kappa shape index (κ1) is 16.5. The third-order valence-electron chi connectivity index (χ3n) is 4.26. The molecule has 1 unspecified atom stereocenters. The normalized spacial score (nSPS) is 20.6. The molecule has 1 aliphatic heterocycles. The van der Waals surface area contributed by atoms with E-state index in [1.807, 2.05) is 14.0 Å². The minimum atomic E-state index is -3.50. The van der Waals surface area contributed by atoms with Gasteiger partial charge in [0, 0.05) is 24.7 Å². The van der Waals surface area contributed by atoms with Crippen molar-refractivity contribution in [1.82, 2.24) is 9.62 Å². The Morgan fingerprint density at radius 2 is 2.00 bits per heavy atom. The van der Waals surface area contributed by atoms with Gasteiger partial charge in [0.25, 0.3) is 0 Å². The lowest BCUT2D eigenvalue weighted by molar-refractivity contribution is 0.315. The fourth-order valence-electron chi connectivity index (χ4n) is 3.28. The lowest BCUT2D eigenvalue weighted by Gasteiger charge is -2.27. The molecule has 0 bridgehead atoms. The first-order chi connectivity index (χ1) is 9.80. The lowest BCUT2D eigenvalue weighted by atomic mass is 10.0. The van der Waals surface area contributed by atoms with E-state index in [0.29, 0.717) is 35.4 Å². The summed E-state index contributed by atoms with van der Waals surface area (Å²) >= 11 is 0. The highest BCUT2D eigenvalue weighted by Crippen LogP contribution is 2.35. The van der Waals surface area contributed by atoms with Crippen molar-refractivity contribution in [2.45, 2.75) is 58.0 Å². The number of sulfonamides is 1. The van der Waals surface area contributed by atoms with Gasteiger partial charge in [-0.1, -0.05) is 13.8 Å². The molecule has 21 heavy (non-hydrogen) atoms. The summed E-state index contributed by atoms with van der Waals surface area (Å²) < 4.78 is 33.5. The van der Waals surface area contributed by atoms with Gasteiger partial charge in [-0.3, -0.25) is 0 Å². The monoisotopic (exact) mass is 314 g/mol. The number of aryl methyl sites for hydroxylation is 2. The van der Waals surface area contributed by atoms with Crippen LogP contribution in [0.4, 0.5) is 0 Å². The van der Waals surface area contributed by atoms with Crippen LogP contribution in [0.3, 0.4) is 0 Å². The molecule has 0 amide bonds. The summed E-state index contributed by atoms with van der Waals surface area (Å²) in [6.07, 6.45) is 1.87. The predicted molar refractivity (Wildman–Crippen MR) is 82.7 cm³/mol. The highest BCUT2D eigenvalue weighted by atomic mass is 32.2. The quantitative estimate of drug-likeness (QED) is 0.906. The minimum Gasteiger partial charge on any atom is -0.465 e. The summed E-state index contributed by atoms with van der Waals surface area (Å²) in [6.45, 7) is 8.83. The molecule has 0 aliphatic carbocycles. The molecule has 2 heterocycles. The molecule has 0 aromatic carbocycles. The fourth-order valence-corrected chi connectivity index (χ4v) is 5.52. The Hall–Kier alpha value is -0.850. The summed E-state index contributed by atoms with van der Waals surface area (Å²) in [7, 11) is -1.69. The third kappa shape index (κ3) is 2.89. The van der Waals surface area contributed by atoms with E-state index >= 15 is 0 Å². The highest BCUT2D eigenvalue weighted by molar-refractivity contribution is 7.89. The first-order valence-electron chi connectivity index (χ1n) is 7.56. The molecule has 1 aromatic heterocycles. The summed E-state index contributed by atoms with van der Waals surface area (Å²) in [5.41, 5.74) is 0.754. The first-order valence-corrected chi connectivity index (χ1v) is 9.00. The largest absolute Gasteiger partial charge is 0.465 e. The molecular formula is C15H26N2O3S. The molecule has 1 aliphatic rings. The number of nitrogens with one attached hydrogen (secondary N) is 1. The molecule has 0 saturated carbocycles. The van der Waals surface area contributed by atoms with Gasteiger partial charge in [0.2, 0.25) is 10.0 Å². The number of rotatable bonds is 5. The van der Waals surface area contributed by atoms with E-state index in [2.05, 4.69) is 19.2 Å². The van der Waals surface area contributed by atoms with Gasteiger partial charge in [-0.15, -0.1) is 0 Å². The van der Waals surface area contributed by atoms with Crippen LogP contribution in [0.5, 0.6) is 0 Å². The second kappa shape index (κ2) is 6.10. The van der Waals surface area contributed by atoms with Crippen molar-refractivity contribution in [3.05, 3.63) is 17.1 Å². The van der Waals surface area contributed by atoms with Crippen LogP contribution in [0.2, 0.25) is 0 Å². The van der Waals surface area contributed by atoms with Gasteiger partial charge in [-0.25, -0.2) is 8.42 Å². The van der Waals surface area contributed by atoms with Gasteiger partial charge in [0.15, 0.2) is 0 Å². The van der Waals surface area contributed by atoms with Crippen LogP contribution in [-0.4, -0.2) is 32.4 Å². The van der Waals surface area contributed by atoms with Crippen molar-refractivity contribution >= 4 is 10.0 Å². The Kier molecular flexibility index (Phi) is 4.80. The molecule has 0 spiro atoms. The molecule has 0 radical (unpaired) electrons. The zero-order chi connectivity index (χ0) is 15.8. The van der Waals surface area contributed by atoms with Crippen molar-refractivity contribution in [3.63, 3.8) is 0 Å². The lowest BCUT2D eigenvalue weighted by Crippen LogP contribution is -2.39. The van der Waals surface area contributed by atoms with Gasteiger partial charge < -0.3 is 9.73 Å². The zero-order valence-corrected chi connectivity index (χ0v) is 14.4. The molecule has 2 rings (SSSR count). The van der Waals surface area contributed by atoms with Crippen molar-refractivity contribution in [1.29, 1.82) is 0 Å². The Morgan fingerprint density at radius 3 is 2.57 bits per heavy atom. The Labute approximate surface area is 127 Å². The van der Waals surface area contributed by atoms with Crippen molar-refractivity contribution in [2.24, 2.45) is 5.92 Å². The van der Waals surface area contributed by atoms with E-state index in [1.165, 1.54) is 0 Å². The van der Waals surface area contributed by atoms with E-state index in [1.54, 1.807) is 11.2 Å². The number of furan rings is 1. The topological polar surface area (TPSA) is 62.6 Å². The number of nitrogens with zero attached hydrogens (tertiary/aromatic N) is 1. The highest BCUT2D eigenvalue weighted by Gasteiger charge is 2.40. The van der Waals surface area contributed by atoms with Crippen LogP contribution in [-0.2, 0) is 16.6 Å². The van der Waals surface area contributed by atoms with Crippen LogP contribution in [0.15, 0.2) is 9.31 Å². The van der Waals surface area contributed by atoms with Crippen LogP contribution in [0.1, 0.15) is 43.8 Å². The van der Waals surface area contributed by atoms with Crippen LogP contribution in [0.25, 0.3) is 0 Å². The molecule has 1 fully saturated rings. The molecule has 1 atom stereocenters. The summed E-state index contributed by atoms with van der Waals surface area (Å²) in [5.74, 6) is 1.50. The van der Waals surface area contributed by atoms with Gasteiger partial charge in [0.1, 0.15) is 16.4 Å². The SMILES string of the molecule is CNCc1c(C)oc(C)c1S(=O)(=O)N1CCCC1C(C)C. The summed E-state index contributed by atoms with van der Waals surface area (Å²) in [6, 6.07) is 0.0899. The van der Waals surface area contributed by atoms with Crippen molar-refractivity contribution < 1.29 is 12.8 Å². The predicted octanol–water partition coefficient (Wildman–Crippen LogP) is 2.42.